The number of hydrogen-bond donors (Lipinski definition) is 1. The minimum absolute atomic E-state index is 0.181. The van der Waals surface area contributed by atoms with Crippen LogP contribution in [0.15, 0.2) is 24.3 Å². The van der Waals surface area contributed by atoms with Gasteiger partial charge in [-0.05, 0) is 37.1 Å². The third kappa shape index (κ3) is 4.10. The molecule has 0 radical (unpaired) electrons. The lowest BCUT2D eigenvalue weighted by atomic mass is 10.1. The van der Waals surface area contributed by atoms with Gasteiger partial charge in [-0.25, -0.2) is 4.39 Å². The number of carbonyl (C=O) groups excluding carboxylic acids is 3. The number of amides is 3. The van der Waals surface area contributed by atoms with Gasteiger partial charge in [-0.3, -0.25) is 14.4 Å². The van der Waals surface area contributed by atoms with Gasteiger partial charge in [0.1, 0.15) is 11.7 Å². The first kappa shape index (κ1) is 17.9. The van der Waals surface area contributed by atoms with Crippen LogP contribution in [0.25, 0.3) is 0 Å². The average molecular weight is 335 g/mol. The molecular weight excluding hydrogens is 313 g/mol. The molecule has 1 aromatic rings. The summed E-state index contributed by atoms with van der Waals surface area (Å²) in [6, 6.07) is 5.58. The first-order chi connectivity index (χ1) is 11.4. The van der Waals surface area contributed by atoms with Crippen LogP contribution in [-0.4, -0.2) is 42.3 Å². The monoisotopic (exact) mass is 335 g/mol. The van der Waals surface area contributed by atoms with E-state index in [0.29, 0.717) is 25.2 Å². The van der Waals surface area contributed by atoms with E-state index >= 15 is 0 Å². The van der Waals surface area contributed by atoms with Crippen molar-refractivity contribution in [2.45, 2.75) is 26.2 Å². The van der Waals surface area contributed by atoms with E-state index in [-0.39, 0.29) is 24.2 Å². The normalized spacial score (nSPS) is 17.2. The Labute approximate surface area is 140 Å². The molecule has 2 rings (SSSR count). The second-order valence-electron chi connectivity index (χ2n) is 5.89. The number of anilines is 1. The van der Waals surface area contributed by atoms with Crippen molar-refractivity contribution in [2.24, 2.45) is 11.7 Å². The summed E-state index contributed by atoms with van der Waals surface area (Å²) in [6.07, 6.45) is 1.97. The summed E-state index contributed by atoms with van der Waals surface area (Å²) in [4.78, 5) is 39.2. The Bertz CT molecular complexity index is 618. The van der Waals surface area contributed by atoms with Crippen molar-refractivity contribution in [3.63, 3.8) is 0 Å². The van der Waals surface area contributed by atoms with Crippen molar-refractivity contribution < 1.29 is 18.8 Å². The predicted octanol–water partition coefficient (Wildman–Crippen LogP) is 1.29. The fraction of sp³-hybridized carbons (Fsp3) is 0.471. The lowest BCUT2D eigenvalue weighted by molar-refractivity contribution is -0.142. The van der Waals surface area contributed by atoms with E-state index in [1.54, 1.807) is 0 Å². The van der Waals surface area contributed by atoms with Gasteiger partial charge in [0.15, 0.2) is 0 Å². The molecule has 130 valence electrons. The van der Waals surface area contributed by atoms with Crippen molar-refractivity contribution in [2.75, 3.05) is 24.5 Å². The lowest BCUT2D eigenvalue weighted by Gasteiger charge is -2.24. The average Bonchev–Trinajstić information content (AvgIpc) is 2.93. The summed E-state index contributed by atoms with van der Waals surface area (Å²) in [5.41, 5.74) is 5.77. The van der Waals surface area contributed by atoms with Crippen LogP contribution in [0.5, 0.6) is 0 Å². The molecule has 1 saturated heterocycles. The first-order valence-electron chi connectivity index (χ1n) is 8.08. The van der Waals surface area contributed by atoms with Crippen molar-refractivity contribution >= 4 is 23.4 Å². The molecule has 7 heteroatoms. The summed E-state index contributed by atoms with van der Waals surface area (Å²) in [5.74, 6) is -2.48. The van der Waals surface area contributed by atoms with Crippen LogP contribution in [0.1, 0.15) is 26.2 Å². The highest BCUT2D eigenvalue weighted by Crippen LogP contribution is 2.26. The molecule has 0 spiro atoms. The van der Waals surface area contributed by atoms with E-state index in [1.165, 1.54) is 34.1 Å². The molecule has 3 amide bonds. The smallest absolute Gasteiger partial charge is 0.239 e. The Balaban J connectivity index is 2.10. The van der Waals surface area contributed by atoms with Crippen LogP contribution in [0.3, 0.4) is 0 Å². The Kier molecular flexibility index (Phi) is 5.89. The lowest BCUT2D eigenvalue weighted by Crippen LogP contribution is -2.44. The zero-order chi connectivity index (χ0) is 17.7. The highest BCUT2D eigenvalue weighted by atomic mass is 19.1. The number of nitrogens with two attached hydrogens (primary N) is 1. The molecule has 0 unspecified atom stereocenters. The van der Waals surface area contributed by atoms with E-state index in [9.17, 15) is 18.8 Å². The van der Waals surface area contributed by atoms with Crippen LogP contribution in [0.4, 0.5) is 10.1 Å². The summed E-state index contributed by atoms with van der Waals surface area (Å²) < 4.78 is 13.0. The third-order valence-electron chi connectivity index (χ3n) is 4.08. The Morgan fingerprint density at radius 1 is 1.33 bits per heavy atom. The fourth-order valence-electron chi connectivity index (χ4n) is 2.81. The maximum absolute atomic E-state index is 13.0. The quantitative estimate of drug-likeness (QED) is 0.762. The van der Waals surface area contributed by atoms with Gasteiger partial charge in [-0.15, -0.1) is 0 Å². The first-order valence-corrected chi connectivity index (χ1v) is 8.08. The molecule has 0 aliphatic carbocycles. The van der Waals surface area contributed by atoms with Gasteiger partial charge in [0, 0.05) is 18.8 Å². The second-order valence-corrected chi connectivity index (χ2v) is 5.89. The van der Waals surface area contributed by atoms with Gasteiger partial charge >= 0.3 is 0 Å². The minimum Gasteiger partial charge on any atom is -0.368 e. The Morgan fingerprint density at radius 2 is 2.00 bits per heavy atom. The van der Waals surface area contributed by atoms with Gasteiger partial charge in [0.2, 0.25) is 17.7 Å². The summed E-state index contributed by atoms with van der Waals surface area (Å²) >= 11 is 0. The van der Waals surface area contributed by atoms with Gasteiger partial charge in [0.25, 0.3) is 0 Å². The fourth-order valence-corrected chi connectivity index (χ4v) is 2.81. The molecular formula is C17H22FN3O3. The van der Waals surface area contributed by atoms with Crippen LogP contribution in [0.2, 0.25) is 0 Å². The number of primary amides is 1. The van der Waals surface area contributed by atoms with E-state index in [1.807, 2.05) is 6.92 Å². The molecule has 0 bridgehead atoms. The molecule has 0 aromatic heterocycles. The van der Waals surface area contributed by atoms with E-state index in [4.69, 9.17) is 5.73 Å². The number of unbranched alkanes of at least 4 members (excludes halogenated alkanes) is 1. The molecule has 2 N–H and O–H groups in total. The summed E-state index contributed by atoms with van der Waals surface area (Å²) in [7, 11) is 0. The maximum Gasteiger partial charge on any atom is 0.239 e. The number of hydrogen-bond acceptors (Lipinski definition) is 3. The van der Waals surface area contributed by atoms with Crippen molar-refractivity contribution in [3.05, 3.63) is 30.1 Å². The molecule has 1 aromatic carbocycles. The number of halogens is 1. The van der Waals surface area contributed by atoms with Crippen LogP contribution in [0, 0.1) is 11.7 Å². The van der Waals surface area contributed by atoms with Gasteiger partial charge in [-0.2, -0.15) is 0 Å². The SMILES string of the molecule is CCCCN(CC(N)=O)C(=O)[C@@H]1CCN(c2ccc(F)cc2)C1=O. The highest BCUT2D eigenvalue weighted by Gasteiger charge is 2.39. The summed E-state index contributed by atoms with van der Waals surface area (Å²) in [6.45, 7) is 2.58. The molecule has 0 saturated carbocycles. The van der Waals surface area contributed by atoms with E-state index in [0.717, 1.165) is 12.8 Å². The van der Waals surface area contributed by atoms with Gasteiger partial charge < -0.3 is 15.5 Å². The molecule has 1 heterocycles. The van der Waals surface area contributed by atoms with Gasteiger partial charge in [0.05, 0.1) is 6.54 Å². The van der Waals surface area contributed by atoms with Crippen molar-refractivity contribution in [3.8, 4) is 0 Å². The largest absolute Gasteiger partial charge is 0.368 e. The molecule has 1 aliphatic heterocycles. The molecule has 24 heavy (non-hydrogen) atoms. The molecule has 1 aliphatic rings. The van der Waals surface area contributed by atoms with Crippen LogP contribution in [-0.2, 0) is 14.4 Å². The number of carbonyl (C=O) groups is 3. The predicted molar refractivity (Wildman–Crippen MR) is 87.5 cm³/mol. The second kappa shape index (κ2) is 7.90. The highest BCUT2D eigenvalue weighted by molar-refractivity contribution is 6.10. The molecule has 6 nitrogen and oxygen atoms in total. The third-order valence-corrected chi connectivity index (χ3v) is 4.08. The topological polar surface area (TPSA) is 83.7 Å². The van der Waals surface area contributed by atoms with Crippen LogP contribution < -0.4 is 10.6 Å². The van der Waals surface area contributed by atoms with Crippen molar-refractivity contribution in [1.29, 1.82) is 0 Å². The standard InChI is InChI=1S/C17H22FN3O3/c1-2-3-9-20(11-15(19)22)16(23)14-8-10-21(17(14)24)13-6-4-12(18)5-7-13/h4-7,14H,2-3,8-11H2,1H3,(H2,19,22)/t14-/m0/s1. The van der Waals surface area contributed by atoms with Crippen LogP contribution >= 0.6 is 0 Å². The Morgan fingerprint density at radius 3 is 2.58 bits per heavy atom. The maximum atomic E-state index is 13.0. The number of benzene rings is 1. The zero-order valence-electron chi connectivity index (χ0n) is 13.7. The summed E-state index contributed by atoms with van der Waals surface area (Å²) in [5, 5.41) is 0. The van der Waals surface area contributed by atoms with E-state index < -0.39 is 11.8 Å². The molecule has 1 atom stereocenters. The number of nitrogens with zero attached hydrogens (tertiary/aromatic N) is 2. The minimum atomic E-state index is -0.814. The van der Waals surface area contributed by atoms with E-state index in [2.05, 4.69) is 0 Å². The van der Waals surface area contributed by atoms with Gasteiger partial charge in [-0.1, -0.05) is 13.3 Å². The number of rotatable bonds is 7. The molecule has 1 fully saturated rings. The van der Waals surface area contributed by atoms with Crippen molar-refractivity contribution in [1.82, 2.24) is 4.90 Å². The zero-order valence-corrected chi connectivity index (χ0v) is 13.7. The Hall–Kier alpha value is -2.44.